The van der Waals surface area contributed by atoms with E-state index < -0.39 is 10.0 Å². The molecule has 120 valence electrons. The van der Waals surface area contributed by atoms with Crippen molar-refractivity contribution in [2.45, 2.75) is 32.8 Å². The molecule has 1 aliphatic heterocycles. The lowest BCUT2D eigenvalue weighted by molar-refractivity contribution is -0.0121. The molecule has 0 aromatic rings. The van der Waals surface area contributed by atoms with E-state index in [9.17, 15) is 8.42 Å². The van der Waals surface area contributed by atoms with Crippen molar-refractivity contribution in [2.75, 3.05) is 44.5 Å². The van der Waals surface area contributed by atoms with Crippen LogP contribution in [0.15, 0.2) is 0 Å². The van der Waals surface area contributed by atoms with Gasteiger partial charge in [0.2, 0.25) is 10.0 Å². The monoisotopic (exact) mass is 327 g/mol. The van der Waals surface area contributed by atoms with E-state index in [1.807, 2.05) is 13.8 Å². The Morgan fingerprint density at radius 2 is 1.95 bits per heavy atom. The van der Waals surface area contributed by atoms with E-state index in [-0.39, 0.29) is 17.8 Å². The molecule has 0 bridgehead atoms. The summed E-state index contributed by atoms with van der Waals surface area (Å²) in [5.74, 6) is 0.490. The zero-order valence-corrected chi connectivity index (χ0v) is 14.0. The van der Waals surface area contributed by atoms with Crippen LogP contribution in [0.25, 0.3) is 0 Å². The molecule has 0 amide bonds. The lowest BCUT2D eigenvalue weighted by Gasteiger charge is -2.31. The largest absolute Gasteiger partial charge is 0.379 e. The van der Waals surface area contributed by atoms with Crippen molar-refractivity contribution in [3.8, 4) is 0 Å². The summed E-state index contributed by atoms with van der Waals surface area (Å²) in [7, 11) is -3.18. The molecular weight excluding hydrogens is 302 g/mol. The van der Waals surface area contributed by atoms with E-state index in [1.54, 1.807) is 4.31 Å². The first-order chi connectivity index (χ1) is 9.49. The van der Waals surface area contributed by atoms with Crippen LogP contribution in [0.4, 0.5) is 0 Å². The van der Waals surface area contributed by atoms with Crippen molar-refractivity contribution in [3.05, 3.63) is 0 Å². The maximum Gasteiger partial charge on any atom is 0.214 e. The van der Waals surface area contributed by atoms with Gasteiger partial charge in [0.1, 0.15) is 0 Å². The van der Waals surface area contributed by atoms with Crippen molar-refractivity contribution in [1.82, 2.24) is 4.31 Å². The molecule has 0 radical (unpaired) electrons. The van der Waals surface area contributed by atoms with Crippen LogP contribution in [0, 0.1) is 5.92 Å². The molecule has 0 saturated carbocycles. The SMILES string of the molecule is CCOCCOC1CCN(S(=O)(=O)CC(C)CCl)CC1. The van der Waals surface area contributed by atoms with E-state index in [4.69, 9.17) is 21.1 Å². The third-order valence-electron chi connectivity index (χ3n) is 3.34. The van der Waals surface area contributed by atoms with E-state index >= 15 is 0 Å². The van der Waals surface area contributed by atoms with Gasteiger partial charge in [-0.1, -0.05) is 6.92 Å². The van der Waals surface area contributed by atoms with Gasteiger partial charge in [0, 0.05) is 25.6 Å². The van der Waals surface area contributed by atoms with E-state index in [1.165, 1.54) is 0 Å². The van der Waals surface area contributed by atoms with Gasteiger partial charge in [-0.05, 0) is 25.7 Å². The Morgan fingerprint density at radius 3 is 2.50 bits per heavy atom. The molecule has 1 heterocycles. The van der Waals surface area contributed by atoms with Crippen molar-refractivity contribution >= 4 is 21.6 Å². The minimum Gasteiger partial charge on any atom is -0.379 e. The molecule has 7 heteroatoms. The maximum absolute atomic E-state index is 12.2. The molecule has 1 saturated heterocycles. The molecule has 0 aliphatic carbocycles. The van der Waals surface area contributed by atoms with Crippen LogP contribution in [0.3, 0.4) is 0 Å². The first kappa shape index (κ1) is 18.2. The highest BCUT2D eigenvalue weighted by molar-refractivity contribution is 7.89. The van der Waals surface area contributed by atoms with Crippen molar-refractivity contribution in [3.63, 3.8) is 0 Å². The number of hydrogen-bond donors (Lipinski definition) is 0. The Kier molecular flexibility index (Phi) is 8.36. The summed E-state index contributed by atoms with van der Waals surface area (Å²) in [4.78, 5) is 0. The predicted octanol–water partition coefficient (Wildman–Crippen LogP) is 1.71. The van der Waals surface area contributed by atoms with Gasteiger partial charge in [0.05, 0.1) is 25.1 Å². The minimum atomic E-state index is -3.18. The summed E-state index contributed by atoms with van der Waals surface area (Å²) in [5.41, 5.74) is 0. The highest BCUT2D eigenvalue weighted by atomic mass is 35.5. The molecular formula is C13H26ClNO4S. The van der Waals surface area contributed by atoms with Crippen molar-refractivity contribution in [1.29, 1.82) is 0 Å². The van der Waals surface area contributed by atoms with Crippen LogP contribution in [0.5, 0.6) is 0 Å². The van der Waals surface area contributed by atoms with Gasteiger partial charge >= 0.3 is 0 Å². The fourth-order valence-corrected chi connectivity index (χ4v) is 4.26. The van der Waals surface area contributed by atoms with Crippen LogP contribution >= 0.6 is 11.6 Å². The Hall–Kier alpha value is 0.120. The normalized spacial score (nSPS) is 20.1. The Morgan fingerprint density at radius 1 is 1.30 bits per heavy atom. The van der Waals surface area contributed by atoms with Crippen LogP contribution in [0.2, 0.25) is 0 Å². The summed E-state index contributed by atoms with van der Waals surface area (Å²) in [6.07, 6.45) is 1.65. The summed E-state index contributed by atoms with van der Waals surface area (Å²) >= 11 is 5.69. The standard InChI is InChI=1S/C13H26ClNO4S/c1-3-18-8-9-19-13-4-6-15(7-5-13)20(16,17)11-12(2)10-14/h12-13H,3-11H2,1-2H3. The van der Waals surface area contributed by atoms with Crippen LogP contribution < -0.4 is 0 Å². The topological polar surface area (TPSA) is 55.8 Å². The highest BCUT2D eigenvalue weighted by Crippen LogP contribution is 2.18. The number of ether oxygens (including phenoxy) is 2. The third kappa shape index (κ3) is 6.26. The van der Waals surface area contributed by atoms with Crippen LogP contribution in [-0.4, -0.2) is 63.4 Å². The number of hydrogen-bond acceptors (Lipinski definition) is 4. The second kappa shape index (κ2) is 9.20. The Bertz CT molecular complexity index is 355. The van der Waals surface area contributed by atoms with Gasteiger partial charge in [-0.25, -0.2) is 12.7 Å². The number of halogens is 1. The molecule has 0 aromatic carbocycles. The average Bonchev–Trinajstić information content (AvgIpc) is 2.43. The number of rotatable bonds is 9. The second-order valence-electron chi connectivity index (χ2n) is 5.20. The first-order valence-corrected chi connectivity index (χ1v) is 9.37. The summed E-state index contributed by atoms with van der Waals surface area (Å²) in [6, 6.07) is 0. The van der Waals surface area contributed by atoms with E-state index in [2.05, 4.69) is 0 Å². The van der Waals surface area contributed by atoms with E-state index in [0.717, 1.165) is 12.8 Å². The Balaban J connectivity index is 2.30. The van der Waals surface area contributed by atoms with Gasteiger partial charge in [-0.15, -0.1) is 11.6 Å². The molecule has 1 rings (SSSR count). The number of piperidine rings is 1. The minimum absolute atomic E-state index is 0.0122. The second-order valence-corrected chi connectivity index (χ2v) is 7.53. The van der Waals surface area contributed by atoms with Crippen LogP contribution in [0.1, 0.15) is 26.7 Å². The van der Waals surface area contributed by atoms with Gasteiger partial charge in [0.25, 0.3) is 0 Å². The first-order valence-electron chi connectivity index (χ1n) is 7.22. The van der Waals surface area contributed by atoms with E-state index in [0.29, 0.717) is 38.8 Å². The van der Waals surface area contributed by atoms with Crippen LogP contribution in [-0.2, 0) is 19.5 Å². The summed E-state index contributed by atoms with van der Waals surface area (Å²) in [5, 5.41) is 0. The number of nitrogens with zero attached hydrogens (tertiary/aromatic N) is 1. The quantitative estimate of drug-likeness (QED) is 0.478. The molecule has 20 heavy (non-hydrogen) atoms. The summed E-state index contributed by atoms with van der Waals surface area (Å²) < 4.78 is 36.8. The molecule has 0 N–H and O–H groups in total. The number of sulfonamides is 1. The maximum atomic E-state index is 12.2. The molecule has 1 aliphatic rings. The molecule has 1 atom stereocenters. The smallest absolute Gasteiger partial charge is 0.214 e. The highest BCUT2D eigenvalue weighted by Gasteiger charge is 2.29. The lowest BCUT2D eigenvalue weighted by Crippen LogP contribution is -2.43. The zero-order chi connectivity index (χ0) is 15.0. The fourth-order valence-electron chi connectivity index (χ4n) is 2.20. The molecule has 5 nitrogen and oxygen atoms in total. The molecule has 1 unspecified atom stereocenters. The predicted molar refractivity (Wildman–Crippen MR) is 80.7 cm³/mol. The van der Waals surface area contributed by atoms with Gasteiger partial charge in [-0.3, -0.25) is 0 Å². The van der Waals surface area contributed by atoms with Gasteiger partial charge < -0.3 is 9.47 Å². The van der Waals surface area contributed by atoms with Gasteiger partial charge in [-0.2, -0.15) is 0 Å². The lowest BCUT2D eigenvalue weighted by atomic mass is 10.1. The molecule has 0 spiro atoms. The van der Waals surface area contributed by atoms with Crippen molar-refractivity contribution < 1.29 is 17.9 Å². The zero-order valence-electron chi connectivity index (χ0n) is 12.4. The van der Waals surface area contributed by atoms with Crippen molar-refractivity contribution in [2.24, 2.45) is 5.92 Å². The number of alkyl halides is 1. The summed E-state index contributed by atoms with van der Waals surface area (Å²) in [6.45, 7) is 6.75. The Labute approximate surface area is 127 Å². The van der Waals surface area contributed by atoms with Gasteiger partial charge in [0.15, 0.2) is 0 Å². The third-order valence-corrected chi connectivity index (χ3v) is 6.01. The molecule has 1 fully saturated rings. The average molecular weight is 328 g/mol. The fraction of sp³-hybridized carbons (Fsp3) is 1.00. The molecule has 0 aromatic heterocycles.